The molecule has 49 heavy (non-hydrogen) atoms. The summed E-state index contributed by atoms with van der Waals surface area (Å²) < 4.78 is 42.9. The highest BCUT2D eigenvalue weighted by Gasteiger charge is 2.36. The molecule has 0 radical (unpaired) electrons. The summed E-state index contributed by atoms with van der Waals surface area (Å²) in [6.45, 7) is 9.51. The second kappa shape index (κ2) is 13.8. The maximum Gasteiger partial charge on any atom is 0.418 e. The highest BCUT2D eigenvalue weighted by molar-refractivity contribution is 6.06. The maximum atomic E-state index is 14.3. The molecule has 1 aromatic heterocycles. The number of piperidine rings is 1. The first-order valence-corrected chi connectivity index (χ1v) is 17.1. The number of anilines is 5. The molecule has 3 saturated heterocycles. The fourth-order valence-corrected chi connectivity index (χ4v) is 7.38. The minimum atomic E-state index is -4.49. The predicted molar refractivity (Wildman–Crippen MR) is 182 cm³/mol. The number of aromatic nitrogens is 2. The summed E-state index contributed by atoms with van der Waals surface area (Å²) >= 11 is 0. The lowest BCUT2D eigenvalue weighted by Gasteiger charge is -2.40. The third-order valence-corrected chi connectivity index (χ3v) is 10.1. The number of hydrogen-bond donors (Lipinski definition) is 3. The Morgan fingerprint density at radius 1 is 0.918 bits per heavy atom. The highest BCUT2D eigenvalue weighted by atomic mass is 19.4. The number of urea groups is 1. The van der Waals surface area contributed by atoms with Gasteiger partial charge in [-0.3, -0.25) is 19.9 Å². The van der Waals surface area contributed by atoms with E-state index in [4.69, 9.17) is 0 Å². The topological polar surface area (TPSA) is 109 Å². The highest BCUT2D eigenvalue weighted by Crippen LogP contribution is 2.40. The van der Waals surface area contributed by atoms with E-state index in [0.29, 0.717) is 50.2 Å². The molecule has 14 heteroatoms. The molecule has 0 spiro atoms. The lowest BCUT2D eigenvalue weighted by Crippen LogP contribution is -2.50. The molecule has 260 valence electrons. The van der Waals surface area contributed by atoms with Crippen LogP contribution in [0.2, 0.25) is 0 Å². The Labute approximate surface area is 283 Å². The van der Waals surface area contributed by atoms with Crippen molar-refractivity contribution in [3.05, 3.63) is 65.0 Å². The fraction of sp³-hybridized carbons (Fsp3) is 0.486. The zero-order valence-electron chi connectivity index (χ0n) is 27.7. The number of imide groups is 1. The Morgan fingerprint density at radius 3 is 2.43 bits per heavy atom. The number of nitrogens with zero attached hydrogens (tertiary/aromatic N) is 6. The van der Waals surface area contributed by atoms with Gasteiger partial charge in [-0.15, -0.1) is 0 Å². The number of rotatable bonds is 7. The molecule has 11 nitrogen and oxygen atoms in total. The van der Waals surface area contributed by atoms with E-state index in [1.165, 1.54) is 6.07 Å². The molecule has 0 aliphatic carbocycles. The van der Waals surface area contributed by atoms with Crippen LogP contribution in [0.3, 0.4) is 0 Å². The van der Waals surface area contributed by atoms with Crippen LogP contribution in [0.1, 0.15) is 41.6 Å². The monoisotopic (exact) mass is 677 g/mol. The molecule has 3 fully saturated rings. The Kier molecular flexibility index (Phi) is 9.34. The van der Waals surface area contributed by atoms with Gasteiger partial charge in [0.05, 0.1) is 11.3 Å². The van der Waals surface area contributed by atoms with Gasteiger partial charge in [-0.1, -0.05) is 0 Å². The maximum absolute atomic E-state index is 14.3. The summed E-state index contributed by atoms with van der Waals surface area (Å²) in [5, 5.41) is 8.62. The van der Waals surface area contributed by atoms with Gasteiger partial charge in [-0.05, 0) is 86.2 Å². The van der Waals surface area contributed by atoms with E-state index in [0.717, 1.165) is 86.7 Å². The molecule has 3 N–H and O–H groups in total. The van der Waals surface area contributed by atoms with Gasteiger partial charge in [0.1, 0.15) is 0 Å². The first kappa shape index (κ1) is 33.1. The molecular formula is C35H42F3N9O2. The zero-order chi connectivity index (χ0) is 34.1. The van der Waals surface area contributed by atoms with E-state index < -0.39 is 11.7 Å². The van der Waals surface area contributed by atoms with E-state index in [1.807, 2.05) is 24.0 Å². The quantitative estimate of drug-likeness (QED) is 0.329. The first-order valence-electron chi connectivity index (χ1n) is 17.1. The van der Waals surface area contributed by atoms with Gasteiger partial charge < -0.3 is 20.4 Å². The Bertz CT molecular complexity index is 1700. The van der Waals surface area contributed by atoms with Crippen molar-refractivity contribution in [1.29, 1.82) is 0 Å². The number of benzene rings is 2. The second-order valence-electron chi connectivity index (χ2n) is 13.4. The third kappa shape index (κ3) is 7.44. The van der Waals surface area contributed by atoms with Gasteiger partial charge in [-0.25, -0.2) is 14.8 Å². The SMILES string of the molecule is Cc1cc(N2CCN(CC3CCN(c4ccc(Nc5ncc6c(n5)CNCC6)cc4C(F)(F)F)CC3)CC2)ccc1N1CCC(=O)NC1=O. The van der Waals surface area contributed by atoms with E-state index in [-0.39, 0.29) is 17.6 Å². The number of aryl methyl sites for hydroxylation is 1. The number of carbonyl (C=O) groups is 2. The van der Waals surface area contributed by atoms with Crippen LogP contribution in [0.4, 0.5) is 46.7 Å². The standard InChI is InChI=1S/C35H42F3N9O2/c1-23-18-27(3-5-30(23)47-13-9-32(48)43-34(47)49)45-16-14-44(15-17-45)22-24-7-11-46(12-8-24)31-4-2-26(19-28(31)35(36,37)38)41-33-40-20-25-6-10-39-21-29(25)42-33/h2-5,18-20,24,39H,6-17,21-22H2,1H3,(H,40,41,42)(H,43,48,49). The number of piperazine rings is 1. The molecule has 0 unspecified atom stereocenters. The van der Waals surface area contributed by atoms with Gasteiger partial charge in [0.2, 0.25) is 11.9 Å². The smallest absolute Gasteiger partial charge is 0.371 e. The van der Waals surface area contributed by atoms with E-state index in [2.05, 4.69) is 41.8 Å². The number of carbonyl (C=O) groups excluding carboxylic acids is 2. The number of fused-ring (bicyclic) bond motifs is 1. The Hall–Kier alpha value is -4.43. The molecule has 0 bridgehead atoms. The number of halogens is 3. The van der Waals surface area contributed by atoms with Gasteiger partial charge in [0, 0.05) is 94.3 Å². The molecule has 4 aliphatic rings. The molecule has 5 heterocycles. The molecule has 3 amide bonds. The number of alkyl halides is 3. The van der Waals surface area contributed by atoms with Crippen molar-refractivity contribution in [2.45, 2.75) is 45.3 Å². The first-order chi connectivity index (χ1) is 23.6. The van der Waals surface area contributed by atoms with Crippen molar-refractivity contribution in [2.75, 3.05) is 78.9 Å². The molecule has 0 saturated carbocycles. The normalized spacial score (nSPS) is 19.6. The summed E-state index contributed by atoms with van der Waals surface area (Å²) in [5.74, 6) is 0.474. The molecule has 3 aromatic rings. The number of nitrogens with one attached hydrogen (secondary N) is 3. The summed E-state index contributed by atoms with van der Waals surface area (Å²) in [7, 11) is 0. The van der Waals surface area contributed by atoms with Crippen molar-refractivity contribution >= 4 is 40.6 Å². The molecule has 7 rings (SSSR count). The second-order valence-corrected chi connectivity index (χ2v) is 13.4. The van der Waals surface area contributed by atoms with Crippen LogP contribution in [-0.2, 0) is 23.9 Å². The molecule has 2 aromatic carbocycles. The predicted octanol–water partition coefficient (Wildman–Crippen LogP) is 4.68. The lowest BCUT2D eigenvalue weighted by atomic mass is 9.94. The van der Waals surface area contributed by atoms with Crippen molar-refractivity contribution in [3.8, 4) is 0 Å². The van der Waals surface area contributed by atoms with E-state index in [1.54, 1.807) is 23.2 Å². The lowest BCUT2D eigenvalue weighted by molar-refractivity contribution is -0.137. The van der Waals surface area contributed by atoms with E-state index in [9.17, 15) is 22.8 Å². The van der Waals surface area contributed by atoms with Crippen LogP contribution in [0.25, 0.3) is 0 Å². The minimum absolute atomic E-state index is 0.219. The van der Waals surface area contributed by atoms with Crippen LogP contribution >= 0.6 is 0 Å². The third-order valence-electron chi connectivity index (χ3n) is 10.1. The average molecular weight is 678 g/mol. The minimum Gasteiger partial charge on any atom is -0.371 e. The molecular weight excluding hydrogens is 635 g/mol. The summed E-state index contributed by atoms with van der Waals surface area (Å²) in [5.41, 5.74) is 4.71. The fourth-order valence-electron chi connectivity index (χ4n) is 7.38. The van der Waals surface area contributed by atoms with Crippen LogP contribution in [-0.4, -0.2) is 85.7 Å². The van der Waals surface area contributed by atoms with E-state index >= 15 is 0 Å². The number of amides is 3. The summed E-state index contributed by atoms with van der Waals surface area (Å²) in [4.78, 5) is 41.0. The Balaban J connectivity index is 0.917. The Morgan fingerprint density at radius 2 is 1.69 bits per heavy atom. The van der Waals surface area contributed by atoms with Crippen molar-refractivity contribution in [2.24, 2.45) is 5.92 Å². The van der Waals surface area contributed by atoms with Crippen LogP contribution in [0, 0.1) is 12.8 Å². The van der Waals surface area contributed by atoms with Gasteiger partial charge >= 0.3 is 12.2 Å². The largest absolute Gasteiger partial charge is 0.418 e. The van der Waals surface area contributed by atoms with Crippen molar-refractivity contribution < 1.29 is 22.8 Å². The number of hydrogen-bond acceptors (Lipinski definition) is 9. The molecule has 4 aliphatic heterocycles. The van der Waals surface area contributed by atoms with Gasteiger partial charge in [-0.2, -0.15) is 13.2 Å². The van der Waals surface area contributed by atoms with Gasteiger partial charge in [0.15, 0.2) is 0 Å². The van der Waals surface area contributed by atoms with Crippen LogP contribution in [0.5, 0.6) is 0 Å². The zero-order valence-corrected chi connectivity index (χ0v) is 27.7. The van der Waals surface area contributed by atoms with Crippen molar-refractivity contribution in [1.82, 2.24) is 25.5 Å². The van der Waals surface area contributed by atoms with Crippen molar-refractivity contribution in [3.63, 3.8) is 0 Å². The van der Waals surface area contributed by atoms with Crippen LogP contribution in [0.15, 0.2) is 42.6 Å². The van der Waals surface area contributed by atoms with Crippen LogP contribution < -0.4 is 30.7 Å². The summed E-state index contributed by atoms with van der Waals surface area (Å²) in [6, 6.07) is 10.1. The average Bonchev–Trinajstić information content (AvgIpc) is 3.09. The molecule has 0 atom stereocenters. The van der Waals surface area contributed by atoms with Gasteiger partial charge in [0.25, 0.3) is 0 Å². The summed E-state index contributed by atoms with van der Waals surface area (Å²) in [6.07, 6.45) is 0.0550.